The van der Waals surface area contributed by atoms with Gasteiger partial charge in [-0.25, -0.2) is 4.79 Å². The van der Waals surface area contributed by atoms with Gasteiger partial charge in [0.05, 0.1) is 6.61 Å². The molecule has 0 saturated carbocycles. The van der Waals surface area contributed by atoms with Crippen molar-refractivity contribution in [3.05, 3.63) is 23.0 Å². The molecule has 0 saturated heterocycles. The highest BCUT2D eigenvalue weighted by Crippen LogP contribution is 2.30. The number of rotatable bonds is 1. The summed E-state index contributed by atoms with van der Waals surface area (Å²) in [6.07, 6.45) is 1.56. The van der Waals surface area contributed by atoms with Crippen LogP contribution in [0.25, 0.3) is 0 Å². The molecule has 1 rings (SSSR count). The van der Waals surface area contributed by atoms with Crippen LogP contribution >= 0.6 is 0 Å². The van der Waals surface area contributed by atoms with Crippen molar-refractivity contribution in [3.63, 3.8) is 0 Å². The van der Waals surface area contributed by atoms with Crippen molar-refractivity contribution in [2.75, 3.05) is 6.61 Å². The highest BCUT2D eigenvalue weighted by atomic mass is 16.5. The van der Waals surface area contributed by atoms with E-state index >= 15 is 0 Å². The number of aryl methyl sites for hydroxylation is 1. The summed E-state index contributed by atoms with van der Waals surface area (Å²) in [4.78, 5) is 11.7. The van der Waals surface area contributed by atoms with Gasteiger partial charge in [0.25, 0.3) is 0 Å². The van der Waals surface area contributed by atoms with Gasteiger partial charge >= 0.3 is 6.09 Å². The second-order valence-electron chi connectivity index (χ2n) is 5.09. The number of ether oxygens (including phenoxy) is 1. The zero-order valence-electron chi connectivity index (χ0n) is 11.0. The van der Waals surface area contributed by atoms with Gasteiger partial charge in [-0.3, -0.25) is 4.57 Å². The van der Waals surface area contributed by atoms with E-state index in [-0.39, 0.29) is 11.5 Å². The number of hydrogen-bond donors (Lipinski definition) is 0. The van der Waals surface area contributed by atoms with Crippen LogP contribution in [0.3, 0.4) is 0 Å². The molecular weight excluding hydrogens is 202 g/mol. The van der Waals surface area contributed by atoms with Crippen LogP contribution in [0.15, 0.2) is 6.20 Å². The van der Waals surface area contributed by atoms with E-state index in [1.54, 1.807) is 4.57 Å². The number of aromatic nitrogens is 1. The molecule has 0 N–H and O–H groups in total. The van der Waals surface area contributed by atoms with Gasteiger partial charge < -0.3 is 4.74 Å². The lowest BCUT2D eigenvalue weighted by molar-refractivity contribution is 0.153. The van der Waals surface area contributed by atoms with E-state index in [0.717, 1.165) is 11.3 Å². The molecule has 0 aliphatic rings. The normalized spacial score (nSPS) is 11.6. The van der Waals surface area contributed by atoms with E-state index in [2.05, 4.69) is 20.8 Å². The first-order valence-electron chi connectivity index (χ1n) is 5.65. The van der Waals surface area contributed by atoms with Crippen LogP contribution in [0.5, 0.6) is 0 Å². The molecule has 0 radical (unpaired) electrons. The maximum absolute atomic E-state index is 11.7. The molecule has 3 heteroatoms. The molecular formula is C13H21NO2. The lowest BCUT2D eigenvalue weighted by Gasteiger charge is -2.20. The Kier molecular flexibility index (Phi) is 3.46. The van der Waals surface area contributed by atoms with Gasteiger partial charge in [-0.2, -0.15) is 0 Å². The Labute approximate surface area is 97.4 Å². The first kappa shape index (κ1) is 12.8. The molecule has 3 nitrogen and oxygen atoms in total. The summed E-state index contributed by atoms with van der Waals surface area (Å²) in [6, 6.07) is 0. The third kappa shape index (κ3) is 2.29. The van der Waals surface area contributed by atoms with Crippen LogP contribution in [0.2, 0.25) is 0 Å². The van der Waals surface area contributed by atoms with E-state index in [1.165, 1.54) is 5.56 Å². The Morgan fingerprint density at radius 1 is 1.38 bits per heavy atom. The lowest BCUT2D eigenvalue weighted by Crippen LogP contribution is -2.17. The molecule has 0 bridgehead atoms. The fourth-order valence-electron chi connectivity index (χ4n) is 2.28. The van der Waals surface area contributed by atoms with Gasteiger partial charge in [-0.05, 0) is 37.3 Å². The third-order valence-corrected chi connectivity index (χ3v) is 2.65. The van der Waals surface area contributed by atoms with E-state index in [0.29, 0.717) is 6.61 Å². The summed E-state index contributed by atoms with van der Waals surface area (Å²) in [6.45, 7) is 12.7. The van der Waals surface area contributed by atoms with Crippen LogP contribution in [0.4, 0.5) is 4.79 Å². The van der Waals surface area contributed by atoms with Crippen molar-refractivity contribution >= 4 is 6.09 Å². The minimum atomic E-state index is -0.293. The Morgan fingerprint density at radius 3 is 2.31 bits per heavy atom. The van der Waals surface area contributed by atoms with Gasteiger partial charge in [-0.15, -0.1) is 0 Å². The molecule has 1 heterocycles. The van der Waals surface area contributed by atoms with Crippen molar-refractivity contribution in [1.82, 2.24) is 4.57 Å². The first-order valence-corrected chi connectivity index (χ1v) is 5.65. The molecule has 1 aromatic heterocycles. The van der Waals surface area contributed by atoms with Crippen LogP contribution in [-0.4, -0.2) is 17.3 Å². The molecule has 16 heavy (non-hydrogen) atoms. The summed E-state index contributed by atoms with van der Waals surface area (Å²) >= 11 is 0. The minimum absolute atomic E-state index is 0.0475. The number of carbonyl (C=O) groups is 1. The zero-order valence-corrected chi connectivity index (χ0v) is 11.0. The molecule has 0 aliphatic carbocycles. The van der Waals surface area contributed by atoms with Crippen molar-refractivity contribution in [1.29, 1.82) is 0 Å². The Balaban J connectivity index is 3.22. The number of hydrogen-bond acceptors (Lipinski definition) is 2. The fourth-order valence-corrected chi connectivity index (χ4v) is 2.28. The summed E-state index contributed by atoms with van der Waals surface area (Å²) < 4.78 is 6.61. The Hall–Kier alpha value is -1.25. The first-order chi connectivity index (χ1) is 7.29. The maximum atomic E-state index is 11.7. The lowest BCUT2D eigenvalue weighted by atomic mass is 9.85. The second kappa shape index (κ2) is 4.32. The largest absolute Gasteiger partial charge is 0.449 e. The Morgan fingerprint density at radius 2 is 1.94 bits per heavy atom. The SMILES string of the molecule is CCOC(=O)n1cc(C)c(C(C)(C)C)c1C. The zero-order chi connectivity index (χ0) is 12.5. The summed E-state index contributed by atoms with van der Waals surface area (Å²) in [5.41, 5.74) is 3.38. The summed E-state index contributed by atoms with van der Waals surface area (Å²) in [5.74, 6) is 0. The van der Waals surface area contributed by atoms with Crippen molar-refractivity contribution in [2.24, 2.45) is 0 Å². The molecule has 0 unspecified atom stereocenters. The topological polar surface area (TPSA) is 31.2 Å². The summed E-state index contributed by atoms with van der Waals surface area (Å²) in [7, 11) is 0. The molecule has 1 aromatic rings. The molecule has 0 aliphatic heterocycles. The number of carbonyl (C=O) groups excluding carboxylic acids is 1. The molecule has 90 valence electrons. The van der Waals surface area contributed by atoms with Crippen molar-refractivity contribution in [2.45, 2.75) is 47.0 Å². The van der Waals surface area contributed by atoms with E-state index in [4.69, 9.17) is 4.74 Å². The number of nitrogens with zero attached hydrogens (tertiary/aromatic N) is 1. The van der Waals surface area contributed by atoms with E-state index in [9.17, 15) is 4.79 Å². The maximum Gasteiger partial charge on any atom is 0.418 e. The van der Waals surface area contributed by atoms with Crippen LogP contribution in [0.1, 0.15) is 44.5 Å². The van der Waals surface area contributed by atoms with E-state index < -0.39 is 0 Å². The highest BCUT2D eigenvalue weighted by Gasteiger charge is 2.24. The van der Waals surface area contributed by atoms with Crippen LogP contribution in [0, 0.1) is 13.8 Å². The van der Waals surface area contributed by atoms with Crippen LogP contribution in [-0.2, 0) is 10.2 Å². The van der Waals surface area contributed by atoms with Gasteiger partial charge in [0.1, 0.15) is 0 Å². The van der Waals surface area contributed by atoms with Gasteiger partial charge in [0, 0.05) is 11.9 Å². The molecule has 0 atom stereocenters. The molecule has 0 spiro atoms. The molecule has 0 aromatic carbocycles. The monoisotopic (exact) mass is 223 g/mol. The second-order valence-corrected chi connectivity index (χ2v) is 5.09. The standard InChI is InChI=1S/C13H21NO2/c1-7-16-12(15)14-8-9(2)11(10(14)3)13(4,5)6/h8H,7H2,1-6H3. The van der Waals surface area contributed by atoms with E-state index in [1.807, 2.05) is 27.0 Å². The third-order valence-electron chi connectivity index (χ3n) is 2.65. The van der Waals surface area contributed by atoms with Gasteiger partial charge in [0.15, 0.2) is 0 Å². The molecule has 0 amide bonds. The fraction of sp³-hybridized carbons (Fsp3) is 0.615. The highest BCUT2D eigenvalue weighted by molar-refractivity contribution is 5.72. The average molecular weight is 223 g/mol. The smallest absolute Gasteiger partial charge is 0.418 e. The minimum Gasteiger partial charge on any atom is -0.449 e. The van der Waals surface area contributed by atoms with Crippen LogP contribution < -0.4 is 0 Å². The van der Waals surface area contributed by atoms with Crippen molar-refractivity contribution < 1.29 is 9.53 Å². The Bertz CT molecular complexity index is 397. The molecule has 0 fully saturated rings. The predicted octanol–water partition coefficient (Wildman–Crippen LogP) is 3.41. The predicted molar refractivity (Wildman–Crippen MR) is 65.0 cm³/mol. The quantitative estimate of drug-likeness (QED) is 0.730. The average Bonchev–Trinajstić information content (AvgIpc) is 2.41. The summed E-state index contributed by atoms with van der Waals surface area (Å²) in [5, 5.41) is 0. The van der Waals surface area contributed by atoms with Crippen molar-refractivity contribution in [3.8, 4) is 0 Å². The van der Waals surface area contributed by atoms with Gasteiger partial charge in [0.2, 0.25) is 0 Å². The van der Waals surface area contributed by atoms with Gasteiger partial charge in [-0.1, -0.05) is 20.8 Å².